The molecule has 0 fully saturated rings. The lowest BCUT2D eigenvalue weighted by Crippen LogP contribution is -2.38. The number of rotatable bonds is 16. The molecule has 0 atom stereocenters. The highest BCUT2D eigenvalue weighted by molar-refractivity contribution is 6.90. The molecule has 506 valence electrons. The molecule has 0 unspecified atom stereocenters. The van der Waals surface area contributed by atoms with Crippen LogP contribution in [0.1, 0.15) is 69.1 Å². The number of aromatic nitrogens is 4. The van der Waals surface area contributed by atoms with Crippen molar-refractivity contribution in [2.75, 3.05) is 26.4 Å². The Balaban J connectivity index is 1.40. The molecule has 13 rings (SSSR count). The van der Waals surface area contributed by atoms with Crippen LogP contribution in [0.25, 0.3) is 133 Å². The van der Waals surface area contributed by atoms with E-state index in [1.54, 1.807) is 0 Å². The second kappa shape index (κ2) is 26.3. The summed E-state index contributed by atoms with van der Waals surface area (Å²) in [5.41, 5.74) is 16.6. The Kier molecular flexibility index (Phi) is 18.1. The van der Waals surface area contributed by atoms with E-state index in [2.05, 4.69) is 186 Å². The number of hydrogen-bond donors (Lipinski definition) is 2. The summed E-state index contributed by atoms with van der Waals surface area (Å²) in [6, 6.07) is 58.3. The first-order valence-electron chi connectivity index (χ1n) is 34.7. The number of hydrogen-bond acceptors (Lipinski definition) is 10. The zero-order valence-electron chi connectivity index (χ0n) is 60.2. The molecule has 1 aliphatic carbocycles. The van der Waals surface area contributed by atoms with Crippen molar-refractivity contribution < 1.29 is 38.1 Å². The van der Waals surface area contributed by atoms with Crippen molar-refractivity contribution in [3.05, 3.63) is 192 Å². The Morgan fingerprint density at radius 1 is 0.300 bits per heavy atom. The third kappa shape index (κ3) is 12.6. The van der Waals surface area contributed by atoms with E-state index in [0.717, 1.165) is 131 Å². The Morgan fingerprint density at radius 3 is 0.690 bits per heavy atom. The molecular weight excluding hydrogens is 1310 g/mol. The average molecular weight is 1390 g/mol. The highest BCUT2D eigenvalue weighted by Gasteiger charge is 2.34. The Bertz CT molecular complexity index is 4750. The summed E-state index contributed by atoms with van der Waals surface area (Å²) in [6.45, 7) is 35.5. The molecule has 0 amide bonds. The maximum Gasteiger partial charge on any atom is 0.338 e. The largest absolute Gasteiger partial charge is 0.462 e. The summed E-state index contributed by atoms with van der Waals surface area (Å²) in [5.74, 6) is -1.72. The molecule has 100 heavy (non-hydrogen) atoms. The van der Waals surface area contributed by atoms with Crippen LogP contribution in [-0.4, -0.2) is 103 Å². The Morgan fingerprint density at radius 2 is 0.500 bits per heavy atom. The first kappa shape index (κ1) is 68.7. The van der Waals surface area contributed by atoms with E-state index in [0.29, 0.717) is 45.0 Å². The van der Waals surface area contributed by atoms with Crippen molar-refractivity contribution in [1.29, 1.82) is 0 Å². The number of carbonyl (C=O) groups is 4. The van der Waals surface area contributed by atoms with Gasteiger partial charge >= 0.3 is 23.9 Å². The fourth-order valence-electron chi connectivity index (χ4n) is 13.9. The van der Waals surface area contributed by atoms with E-state index in [9.17, 15) is 19.2 Å². The number of aromatic amines is 2. The van der Waals surface area contributed by atoms with E-state index in [1.165, 1.54) is 0 Å². The van der Waals surface area contributed by atoms with Gasteiger partial charge in [-0.3, -0.25) is 0 Å². The quantitative estimate of drug-likeness (QED) is 0.0541. The monoisotopic (exact) mass is 1390 g/mol. The lowest BCUT2D eigenvalue weighted by atomic mass is 9.92. The van der Waals surface area contributed by atoms with Gasteiger partial charge in [0, 0.05) is 66.1 Å². The Hall–Kier alpha value is -9.85. The minimum absolute atomic E-state index is 0.190. The zero-order chi connectivity index (χ0) is 71.1. The van der Waals surface area contributed by atoms with Crippen molar-refractivity contribution >= 4 is 121 Å². The zero-order valence-corrected chi connectivity index (χ0v) is 64.2. The highest BCUT2D eigenvalue weighted by Crippen LogP contribution is 2.52. The summed E-state index contributed by atoms with van der Waals surface area (Å²) in [6.07, 6.45) is 0. The number of benzene rings is 8. The van der Waals surface area contributed by atoms with Crippen LogP contribution in [-0.2, 0) is 18.9 Å². The van der Waals surface area contributed by atoms with Gasteiger partial charge in [-0.05, 0) is 98.5 Å². The van der Waals surface area contributed by atoms with Crippen LogP contribution in [0.5, 0.6) is 0 Å². The van der Waals surface area contributed by atoms with Crippen LogP contribution in [0.4, 0.5) is 0 Å². The van der Waals surface area contributed by atoms with Gasteiger partial charge in [0.15, 0.2) is 0 Å². The van der Waals surface area contributed by atoms with Crippen molar-refractivity contribution in [2.45, 2.75) is 106 Å². The fourth-order valence-corrected chi connectivity index (χ4v) is 18.6. The number of nitrogens with zero attached hydrogens (tertiary/aromatic N) is 2. The second-order valence-corrected chi connectivity index (χ2v) is 50.4. The van der Waals surface area contributed by atoms with Gasteiger partial charge in [0.05, 0.1) is 126 Å². The minimum Gasteiger partial charge on any atom is -0.462 e. The van der Waals surface area contributed by atoms with Crippen molar-refractivity contribution in [3.8, 4) is 89.5 Å². The van der Waals surface area contributed by atoms with E-state index < -0.39 is 56.2 Å². The minimum atomic E-state index is -2.26. The molecule has 2 N–H and O–H groups in total. The van der Waals surface area contributed by atoms with Gasteiger partial charge in [-0.25, -0.2) is 29.1 Å². The van der Waals surface area contributed by atoms with Crippen molar-refractivity contribution in [1.82, 2.24) is 19.9 Å². The lowest BCUT2D eigenvalue weighted by molar-refractivity contribution is 0.0517. The molecule has 2 aliphatic heterocycles. The third-order valence-corrected chi connectivity index (χ3v) is 27.2. The average Bonchev–Trinajstić information content (AvgIpc) is 1.53. The summed E-state index contributed by atoms with van der Waals surface area (Å²) in [7, 11) is -9.05. The van der Waals surface area contributed by atoms with Crippen LogP contribution in [0.3, 0.4) is 0 Å². The third-order valence-electron chi connectivity index (χ3n) is 19.1. The first-order chi connectivity index (χ1) is 47.6. The normalized spacial score (nSPS) is 12.3. The van der Waals surface area contributed by atoms with E-state index in [-0.39, 0.29) is 26.4 Å². The number of H-pyrrole nitrogens is 2. The summed E-state index contributed by atoms with van der Waals surface area (Å²) in [4.78, 5) is 78.9. The topological polar surface area (TPSA) is 163 Å². The van der Waals surface area contributed by atoms with Gasteiger partial charge in [-0.2, -0.15) is 0 Å². The molecule has 8 bridgehead atoms. The molecule has 10 aromatic rings. The number of esters is 4. The molecule has 0 spiro atoms. The summed E-state index contributed by atoms with van der Waals surface area (Å²) in [5, 5.41) is 7.67. The molecule has 0 saturated carbocycles. The van der Waals surface area contributed by atoms with Gasteiger partial charge in [-0.1, -0.05) is 221 Å². The Labute approximate surface area is 589 Å². The SMILES string of the molecule is CCOC(=O)c1cc(-c2c3nc(c(-c4cc(C(=O)OCC)cc([Si](C)(C)C)c4)c4[nH]c(c(-c5cc(C(=O)OCC)cc([Si](C)(C)C)c5)c5nc(c(-c6cc(C(=O)OCC)cc([Si](C)(C)C)c6)c6[nH]c2c2ccccc62)-c2ccccc2-5)c2ccccc42)-c2ccccc2-3)cc([Si](C)(C)C)c1. The van der Waals surface area contributed by atoms with E-state index in [4.69, 9.17) is 28.9 Å². The maximum absolute atomic E-state index is 14.5. The lowest BCUT2D eigenvalue weighted by Gasteiger charge is -2.20. The van der Waals surface area contributed by atoms with Crippen molar-refractivity contribution in [3.63, 3.8) is 0 Å². The van der Waals surface area contributed by atoms with Crippen LogP contribution in [0.2, 0.25) is 78.6 Å². The molecule has 16 heteroatoms. The molecule has 4 heterocycles. The first-order valence-corrected chi connectivity index (χ1v) is 48.7. The molecule has 2 aromatic heterocycles. The summed E-state index contributed by atoms with van der Waals surface area (Å²) >= 11 is 0. The maximum atomic E-state index is 14.5. The van der Waals surface area contributed by atoms with Crippen LogP contribution in [0, 0.1) is 0 Å². The standard InChI is InChI=1S/C84H86N4O8Si4/c1-17-93-81(89)53-37-49(41-57(45-53)97(5,6)7)69-73-61-29-21-23-31-63(61)75(85-73)70(50-38-54(82(90)94-18-2)46-58(42-50)98(8,9)10)77-65-33-25-27-35-67(65)79(87-77)72(52-40-56(84(92)96-20-4)48-60(44-52)100(14,15)16)80-68-36-28-26-34-66(68)78(88-80)71(76-64-32-24-22-30-62(64)74(69)86-76)51-39-55(83(91)95-19-3)47-59(43-51)99(11,12)13/h21-48,85,88H,17-20H2,1-16H3. The predicted octanol–water partition coefficient (Wildman–Crippen LogP) is 18.8. The molecule has 0 radical (unpaired) electrons. The predicted molar refractivity (Wildman–Crippen MR) is 422 cm³/mol. The number of ether oxygens (including phenoxy) is 4. The molecule has 8 aromatic carbocycles. The van der Waals surface area contributed by atoms with Crippen molar-refractivity contribution in [2.24, 2.45) is 0 Å². The molecular formula is C84H86N4O8Si4. The van der Waals surface area contributed by atoms with Gasteiger partial charge in [-0.15, -0.1) is 0 Å². The van der Waals surface area contributed by atoms with Gasteiger partial charge < -0.3 is 28.9 Å². The molecule has 12 nitrogen and oxygen atoms in total. The van der Waals surface area contributed by atoms with Gasteiger partial charge in [0.2, 0.25) is 0 Å². The number of nitrogens with one attached hydrogen (secondary N) is 2. The fraction of sp³-hybridized carbons (Fsp3) is 0.238. The molecule has 0 saturated heterocycles. The van der Waals surface area contributed by atoms with Crippen LogP contribution < -0.4 is 20.7 Å². The van der Waals surface area contributed by atoms with E-state index >= 15 is 0 Å². The second-order valence-electron chi connectivity index (χ2n) is 30.1. The summed E-state index contributed by atoms with van der Waals surface area (Å²) < 4.78 is 23.6. The number of carbonyl (C=O) groups excluding carboxylic acids is 4. The smallest absolute Gasteiger partial charge is 0.338 e. The van der Waals surface area contributed by atoms with Crippen LogP contribution >= 0.6 is 0 Å². The molecule has 3 aliphatic rings. The van der Waals surface area contributed by atoms with Crippen LogP contribution in [0.15, 0.2) is 170 Å². The van der Waals surface area contributed by atoms with E-state index in [1.807, 2.05) is 100 Å². The highest BCUT2D eigenvalue weighted by atomic mass is 28.3. The van der Waals surface area contributed by atoms with Gasteiger partial charge in [0.1, 0.15) is 0 Å². The van der Waals surface area contributed by atoms with Gasteiger partial charge in [0.25, 0.3) is 0 Å².